The molecule has 0 bridgehead atoms. The van der Waals surface area contributed by atoms with Crippen molar-refractivity contribution in [1.29, 1.82) is 0 Å². The maximum absolute atomic E-state index is 11.9. The lowest BCUT2D eigenvalue weighted by Crippen LogP contribution is -2.63. The number of ether oxygens (including phenoxy) is 2. The maximum Gasteiger partial charge on any atom is 0.410 e. The Labute approximate surface area is 123 Å². The van der Waals surface area contributed by atoms with Crippen LogP contribution in [0.1, 0.15) is 27.2 Å². The van der Waals surface area contributed by atoms with Gasteiger partial charge in [-0.25, -0.2) is 18.4 Å². The van der Waals surface area contributed by atoms with Crippen LogP contribution in [0.5, 0.6) is 0 Å². The average Bonchev–Trinajstić information content (AvgIpc) is 2.46. The summed E-state index contributed by atoms with van der Waals surface area (Å²) in [4.78, 5) is 24.8. The minimum atomic E-state index is -3.76. The standard InChI is InChI=1S/C12H20N2O6S/c1-11(2,3)20-10(16)14-6-12(7-14)4-9(15)19-8(12)5-21(13,17)18/h8H,4-7H2,1-3H3,(H2,13,17,18). The van der Waals surface area contributed by atoms with Gasteiger partial charge in [0, 0.05) is 13.1 Å². The smallest absolute Gasteiger partial charge is 0.410 e. The summed E-state index contributed by atoms with van der Waals surface area (Å²) in [6.45, 7) is 5.73. The van der Waals surface area contributed by atoms with Gasteiger partial charge < -0.3 is 14.4 Å². The minimum Gasteiger partial charge on any atom is -0.460 e. The number of carbonyl (C=O) groups excluding carboxylic acids is 2. The fourth-order valence-corrected chi connectivity index (χ4v) is 3.48. The molecule has 2 N–H and O–H groups in total. The van der Waals surface area contributed by atoms with Crippen LogP contribution in [0.3, 0.4) is 0 Å². The lowest BCUT2D eigenvalue weighted by molar-refractivity contribution is -0.141. The van der Waals surface area contributed by atoms with Crippen molar-refractivity contribution in [3.63, 3.8) is 0 Å². The second kappa shape index (κ2) is 4.84. The Morgan fingerprint density at radius 2 is 2.05 bits per heavy atom. The van der Waals surface area contributed by atoms with E-state index < -0.39 is 45.0 Å². The molecule has 0 aromatic carbocycles. The topological polar surface area (TPSA) is 116 Å². The van der Waals surface area contributed by atoms with Gasteiger partial charge in [0.2, 0.25) is 10.0 Å². The van der Waals surface area contributed by atoms with E-state index in [0.717, 1.165) is 0 Å². The van der Waals surface area contributed by atoms with E-state index in [-0.39, 0.29) is 19.5 Å². The van der Waals surface area contributed by atoms with Crippen molar-refractivity contribution in [1.82, 2.24) is 4.90 Å². The van der Waals surface area contributed by atoms with Crippen LogP contribution < -0.4 is 5.14 Å². The molecular formula is C12H20N2O6S. The molecule has 2 rings (SSSR count). The number of likely N-dealkylation sites (tertiary alicyclic amines) is 1. The van der Waals surface area contributed by atoms with Gasteiger partial charge in [-0.15, -0.1) is 0 Å². The van der Waals surface area contributed by atoms with Crippen LogP contribution in [-0.4, -0.2) is 55.9 Å². The van der Waals surface area contributed by atoms with Crippen molar-refractivity contribution in [2.75, 3.05) is 18.8 Å². The van der Waals surface area contributed by atoms with Gasteiger partial charge in [0.25, 0.3) is 0 Å². The van der Waals surface area contributed by atoms with Crippen molar-refractivity contribution in [2.24, 2.45) is 10.6 Å². The molecule has 2 aliphatic rings. The summed E-state index contributed by atoms with van der Waals surface area (Å²) in [6, 6.07) is 0. The van der Waals surface area contributed by atoms with Gasteiger partial charge in [0.1, 0.15) is 17.5 Å². The van der Waals surface area contributed by atoms with Crippen LogP contribution in [0.25, 0.3) is 0 Å². The van der Waals surface area contributed by atoms with Crippen molar-refractivity contribution >= 4 is 22.1 Å². The third-order valence-corrected chi connectivity index (χ3v) is 4.27. The Kier molecular flexibility index (Phi) is 3.69. The number of cyclic esters (lactones) is 1. The molecule has 2 heterocycles. The highest BCUT2D eigenvalue weighted by atomic mass is 32.2. The zero-order valence-electron chi connectivity index (χ0n) is 12.3. The molecule has 2 aliphatic heterocycles. The molecule has 1 atom stereocenters. The molecule has 2 fully saturated rings. The van der Waals surface area contributed by atoms with E-state index in [4.69, 9.17) is 14.6 Å². The predicted molar refractivity (Wildman–Crippen MR) is 72.7 cm³/mol. The van der Waals surface area contributed by atoms with Gasteiger partial charge in [-0.1, -0.05) is 0 Å². The summed E-state index contributed by atoms with van der Waals surface area (Å²) in [5.74, 6) is -0.895. The summed E-state index contributed by atoms with van der Waals surface area (Å²) in [7, 11) is -3.76. The third kappa shape index (κ3) is 3.65. The van der Waals surface area contributed by atoms with Gasteiger partial charge in [0.05, 0.1) is 11.8 Å². The number of amides is 1. The molecular weight excluding hydrogens is 300 g/mol. The van der Waals surface area contributed by atoms with E-state index in [1.807, 2.05) is 0 Å². The lowest BCUT2D eigenvalue weighted by atomic mass is 9.74. The van der Waals surface area contributed by atoms with Gasteiger partial charge in [-0.3, -0.25) is 4.79 Å². The first-order valence-electron chi connectivity index (χ1n) is 6.58. The molecule has 2 saturated heterocycles. The summed E-state index contributed by atoms with van der Waals surface area (Å²) in [6.07, 6.45) is -1.20. The maximum atomic E-state index is 11.9. The molecule has 1 amide bonds. The molecule has 0 aromatic heterocycles. The Bertz CT molecular complexity index is 559. The summed E-state index contributed by atoms with van der Waals surface area (Å²) in [5.41, 5.74) is -1.28. The zero-order chi connectivity index (χ0) is 16.1. The Morgan fingerprint density at radius 3 is 2.52 bits per heavy atom. The Morgan fingerprint density at radius 1 is 1.48 bits per heavy atom. The van der Waals surface area contributed by atoms with E-state index >= 15 is 0 Å². The van der Waals surface area contributed by atoms with Crippen LogP contribution in [0, 0.1) is 5.41 Å². The number of esters is 1. The van der Waals surface area contributed by atoms with Crippen LogP contribution in [0.2, 0.25) is 0 Å². The first-order valence-corrected chi connectivity index (χ1v) is 8.30. The second-order valence-corrected chi connectivity index (χ2v) is 8.34. The highest BCUT2D eigenvalue weighted by Gasteiger charge is 2.59. The minimum absolute atomic E-state index is 0.0898. The summed E-state index contributed by atoms with van der Waals surface area (Å²) in [5, 5.41) is 5.01. The van der Waals surface area contributed by atoms with Crippen LogP contribution >= 0.6 is 0 Å². The number of primary sulfonamides is 1. The van der Waals surface area contributed by atoms with Crippen molar-refractivity contribution in [2.45, 2.75) is 38.9 Å². The monoisotopic (exact) mass is 320 g/mol. The van der Waals surface area contributed by atoms with E-state index in [1.54, 1.807) is 20.8 Å². The van der Waals surface area contributed by atoms with Gasteiger partial charge in [-0.2, -0.15) is 0 Å². The van der Waals surface area contributed by atoms with Crippen molar-refractivity contribution in [3.05, 3.63) is 0 Å². The quantitative estimate of drug-likeness (QED) is 0.706. The van der Waals surface area contributed by atoms with Gasteiger partial charge in [0.15, 0.2) is 0 Å². The molecule has 0 aliphatic carbocycles. The van der Waals surface area contributed by atoms with Gasteiger partial charge in [-0.05, 0) is 20.8 Å². The molecule has 1 spiro atoms. The molecule has 0 radical (unpaired) electrons. The number of rotatable bonds is 2. The van der Waals surface area contributed by atoms with E-state index in [2.05, 4.69) is 0 Å². The molecule has 8 nitrogen and oxygen atoms in total. The molecule has 21 heavy (non-hydrogen) atoms. The first kappa shape index (κ1) is 16.0. The molecule has 120 valence electrons. The first-order chi connectivity index (χ1) is 9.40. The molecule has 0 aromatic rings. The highest BCUT2D eigenvalue weighted by molar-refractivity contribution is 7.89. The number of hydrogen-bond acceptors (Lipinski definition) is 6. The van der Waals surface area contributed by atoms with Crippen LogP contribution in [-0.2, 0) is 24.3 Å². The third-order valence-electron chi connectivity index (χ3n) is 3.50. The summed E-state index contributed by atoms with van der Waals surface area (Å²) >= 11 is 0. The number of sulfonamides is 1. The SMILES string of the molecule is CC(C)(C)OC(=O)N1CC2(CC(=O)OC2CS(N)(=O)=O)C1. The fourth-order valence-electron chi connectivity index (χ4n) is 2.63. The predicted octanol–water partition coefficient (Wildman–Crippen LogP) is -0.172. The number of nitrogens with zero attached hydrogens (tertiary/aromatic N) is 1. The van der Waals surface area contributed by atoms with E-state index in [1.165, 1.54) is 4.90 Å². The summed E-state index contributed by atoms with van der Waals surface area (Å²) < 4.78 is 32.7. The zero-order valence-corrected chi connectivity index (χ0v) is 13.1. The van der Waals surface area contributed by atoms with Gasteiger partial charge >= 0.3 is 12.1 Å². The van der Waals surface area contributed by atoms with Crippen LogP contribution in [0.4, 0.5) is 4.79 Å². The number of nitrogens with two attached hydrogens (primary N) is 1. The molecule has 1 unspecified atom stereocenters. The highest BCUT2D eigenvalue weighted by Crippen LogP contribution is 2.44. The number of carbonyl (C=O) groups is 2. The van der Waals surface area contributed by atoms with Crippen LogP contribution in [0.15, 0.2) is 0 Å². The second-order valence-electron chi connectivity index (χ2n) is 6.68. The Balaban J connectivity index is 2.02. The van der Waals surface area contributed by atoms with E-state index in [9.17, 15) is 18.0 Å². The molecule has 9 heteroatoms. The van der Waals surface area contributed by atoms with Crippen molar-refractivity contribution < 1.29 is 27.5 Å². The lowest BCUT2D eigenvalue weighted by Gasteiger charge is -2.48. The normalized spacial score (nSPS) is 24.7. The molecule has 0 saturated carbocycles. The fraction of sp³-hybridized carbons (Fsp3) is 0.833. The van der Waals surface area contributed by atoms with Crippen molar-refractivity contribution in [3.8, 4) is 0 Å². The Hall–Kier alpha value is -1.35. The average molecular weight is 320 g/mol. The number of hydrogen-bond donors (Lipinski definition) is 1. The van der Waals surface area contributed by atoms with E-state index in [0.29, 0.717) is 0 Å². The largest absolute Gasteiger partial charge is 0.460 e.